The van der Waals surface area contributed by atoms with Gasteiger partial charge in [0.2, 0.25) is 0 Å². The van der Waals surface area contributed by atoms with Crippen LogP contribution < -0.4 is 9.47 Å². The number of aromatic nitrogens is 3. The van der Waals surface area contributed by atoms with E-state index < -0.39 is 0 Å². The van der Waals surface area contributed by atoms with Crippen molar-refractivity contribution in [2.45, 2.75) is 43.1 Å². The Labute approximate surface area is 249 Å². The minimum absolute atomic E-state index is 0.0871. The summed E-state index contributed by atoms with van der Waals surface area (Å²) >= 11 is 1.38. The molecule has 4 aromatic rings. The summed E-state index contributed by atoms with van der Waals surface area (Å²) in [5.74, 6) is 2.36. The van der Waals surface area contributed by atoms with Crippen molar-refractivity contribution in [3.05, 3.63) is 90.0 Å². The average molecular weight is 584 g/mol. The van der Waals surface area contributed by atoms with Crippen LogP contribution in [0, 0.1) is 0 Å². The zero-order valence-corrected chi connectivity index (χ0v) is 24.5. The number of rotatable bonds is 10. The second-order valence-electron chi connectivity index (χ2n) is 10.2. The Kier molecular flexibility index (Phi) is 8.52. The topological polar surface area (TPSA) is 91.1 Å². The highest BCUT2D eigenvalue weighted by Gasteiger charge is 2.33. The Morgan fingerprint density at radius 1 is 0.929 bits per heavy atom. The van der Waals surface area contributed by atoms with Crippen molar-refractivity contribution in [2.75, 3.05) is 26.6 Å². The molecule has 1 aromatic heterocycles. The van der Waals surface area contributed by atoms with Crippen molar-refractivity contribution in [1.82, 2.24) is 19.8 Å². The molecular formula is C32H33N5O4S. The van der Waals surface area contributed by atoms with Crippen LogP contribution >= 0.6 is 11.8 Å². The van der Waals surface area contributed by atoms with Gasteiger partial charge in [-0.1, -0.05) is 54.2 Å². The third-order valence-electron chi connectivity index (χ3n) is 7.57. The first-order chi connectivity index (χ1) is 20.6. The van der Waals surface area contributed by atoms with Crippen LogP contribution in [-0.2, 0) is 16.1 Å². The van der Waals surface area contributed by atoms with E-state index in [1.54, 1.807) is 19.2 Å². The maximum Gasteiger partial charge on any atom is 0.253 e. The molecule has 3 heterocycles. The number of benzene rings is 3. The second-order valence-corrected chi connectivity index (χ2v) is 11.2. The van der Waals surface area contributed by atoms with Gasteiger partial charge in [-0.3, -0.25) is 9.36 Å². The third-order valence-corrected chi connectivity index (χ3v) is 8.53. The predicted molar refractivity (Wildman–Crippen MR) is 162 cm³/mol. The molecule has 216 valence electrons. The van der Waals surface area contributed by atoms with Crippen molar-refractivity contribution in [3.8, 4) is 22.9 Å². The Bertz CT molecular complexity index is 1530. The lowest BCUT2D eigenvalue weighted by molar-refractivity contribution is -0.130. The monoisotopic (exact) mass is 583 g/mol. The van der Waals surface area contributed by atoms with Gasteiger partial charge in [-0.25, -0.2) is 5.01 Å². The van der Waals surface area contributed by atoms with Crippen LogP contribution in [0.15, 0.2) is 89.1 Å². The van der Waals surface area contributed by atoms with Crippen LogP contribution in [-0.4, -0.2) is 64.1 Å². The summed E-state index contributed by atoms with van der Waals surface area (Å²) in [6.45, 7) is 1.38. The highest BCUT2D eigenvalue weighted by atomic mass is 32.2. The van der Waals surface area contributed by atoms with Crippen LogP contribution in [0.2, 0.25) is 0 Å². The Balaban J connectivity index is 1.25. The number of carbonyl (C=O) groups is 1. The SMILES string of the molecule is COc1ccc(-c2nnc(SCC(=O)N3N=C(c4ccccc4)CC3c3ccc(OC)cc3)n2CC2CCCO2)cc1. The molecule has 6 rings (SSSR count). The van der Waals surface area contributed by atoms with E-state index in [1.807, 2.05) is 78.9 Å². The summed E-state index contributed by atoms with van der Waals surface area (Å²) < 4.78 is 18.7. The van der Waals surface area contributed by atoms with Crippen molar-refractivity contribution in [1.29, 1.82) is 0 Å². The minimum atomic E-state index is -0.209. The lowest BCUT2D eigenvalue weighted by Gasteiger charge is -2.22. The maximum absolute atomic E-state index is 13.8. The standard InChI is InChI=1S/C32H33N5O4S/c1-39-25-14-10-23(11-15-25)29-19-28(22-7-4-3-5-8-22)35-37(29)30(38)21-42-32-34-33-31(24-12-16-26(40-2)17-13-24)36(32)20-27-9-6-18-41-27/h3-5,7-8,10-17,27,29H,6,9,18-21H2,1-2H3. The number of carbonyl (C=O) groups excluding carboxylic acids is 1. The van der Waals surface area contributed by atoms with E-state index in [1.165, 1.54) is 11.8 Å². The van der Waals surface area contributed by atoms with E-state index in [0.717, 1.165) is 59.2 Å². The lowest BCUT2D eigenvalue weighted by atomic mass is 9.98. The maximum atomic E-state index is 13.8. The fourth-order valence-corrected chi connectivity index (χ4v) is 6.13. The van der Waals surface area contributed by atoms with Gasteiger partial charge in [-0.05, 0) is 60.4 Å². The molecule has 3 aromatic carbocycles. The molecule has 0 radical (unpaired) electrons. The molecule has 0 N–H and O–H groups in total. The van der Waals surface area contributed by atoms with Gasteiger partial charge in [-0.15, -0.1) is 10.2 Å². The first-order valence-corrected chi connectivity index (χ1v) is 15.0. The van der Waals surface area contributed by atoms with Crippen LogP contribution in [0.5, 0.6) is 11.5 Å². The van der Waals surface area contributed by atoms with Crippen LogP contribution in [0.4, 0.5) is 0 Å². The number of methoxy groups -OCH3 is 2. The molecule has 9 nitrogen and oxygen atoms in total. The number of amides is 1. The van der Waals surface area contributed by atoms with Crippen LogP contribution in [0.25, 0.3) is 11.4 Å². The molecule has 2 unspecified atom stereocenters. The molecule has 0 spiro atoms. The number of thioether (sulfide) groups is 1. The molecule has 2 atom stereocenters. The first-order valence-electron chi connectivity index (χ1n) is 14.0. The fraction of sp³-hybridized carbons (Fsp3) is 0.312. The van der Waals surface area contributed by atoms with Crippen molar-refractivity contribution < 1.29 is 19.0 Å². The molecular weight excluding hydrogens is 550 g/mol. The number of hydrogen-bond acceptors (Lipinski definition) is 8. The van der Waals surface area contributed by atoms with Gasteiger partial charge in [0.15, 0.2) is 11.0 Å². The van der Waals surface area contributed by atoms with E-state index in [4.69, 9.17) is 19.3 Å². The van der Waals surface area contributed by atoms with Crippen molar-refractivity contribution >= 4 is 23.4 Å². The summed E-state index contributed by atoms with van der Waals surface area (Å²) in [4.78, 5) is 13.8. The van der Waals surface area contributed by atoms with Crippen molar-refractivity contribution in [3.63, 3.8) is 0 Å². The van der Waals surface area contributed by atoms with Gasteiger partial charge in [-0.2, -0.15) is 5.10 Å². The third kappa shape index (κ3) is 6.05. The Morgan fingerprint density at radius 3 is 2.31 bits per heavy atom. The number of hydrazone groups is 1. The van der Waals surface area contributed by atoms with Gasteiger partial charge in [0.1, 0.15) is 11.5 Å². The summed E-state index contributed by atoms with van der Waals surface area (Å²) in [5.41, 5.74) is 3.83. The fourth-order valence-electron chi connectivity index (χ4n) is 5.33. The highest BCUT2D eigenvalue weighted by molar-refractivity contribution is 7.99. The van der Waals surface area contributed by atoms with E-state index in [-0.39, 0.29) is 23.8 Å². The van der Waals surface area contributed by atoms with Gasteiger partial charge in [0.05, 0.1) is 44.4 Å². The molecule has 42 heavy (non-hydrogen) atoms. The normalized spacial score (nSPS) is 18.2. The minimum Gasteiger partial charge on any atom is -0.497 e. The quantitative estimate of drug-likeness (QED) is 0.224. The van der Waals surface area contributed by atoms with E-state index in [0.29, 0.717) is 18.1 Å². The zero-order valence-electron chi connectivity index (χ0n) is 23.7. The van der Waals surface area contributed by atoms with E-state index >= 15 is 0 Å². The summed E-state index contributed by atoms with van der Waals surface area (Å²) in [6, 6.07) is 25.4. The second kappa shape index (κ2) is 12.8. The summed E-state index contributed by atoms with van der Waals surface area (Å²) in [7, 11) is 3.29. The smallest absolute Gasteiger partial charge is 0.253 e. The molecule has 10 heteroatoms. The summed E-state index contributed by atoms with van der Waals surface area (Å²) in [6.07, 6.45) is 2.74. The van der Waals surface area contributed by atoms with E-state index in [9.17, 15) is 4.79 Å². The lowest BCUT2D eigenvalue weighted by Crippen LogP contribution is -2.28. The van der Waals surface area contributed by atoms with Gasteiger partial charge < -0.3 is 14.2 Å². The number of nitrogens with zero attached hydrogens (tertiary/aromatic N) is 5. The molecule has 0 aliphatic carbocycles. The average Bonchev–Trinajstić information content (AvgIpc) is 3.81. The zero-order chi connectivity index (χ0) is 28.9. The molecule has 1 amide bonds. The molecule has 0 bridgehead atoms. The van der Waals surface area contributed by atoms with Crippen LogP contribution in [0.3, 0.4) is 0 Å². The Hall–Kier alpha value is -4.15. The molecule has 0 saturated carbocycles. The van der Waals surface area contributed by atoms with Gasteiger partial charge >= 0.3 is 0 Å². The molecule has 1 saturated heterocycles. The summed E-state index contributed by atoms with van der Waals surface area (Å²) in [5, 5.41) is 16.2. The first kappa shape index (κ1) is 28.0. The van der Waals surface area contributed by atoms with Gasteiger partial charge in [0, 0.05) is 18.6 Å². The largest absolute Gasteiger partial charge is 0.497 e. The van der Waals surface area contributed by atoms with Gasteiger partial charge in [0.25, 0.3) is 5.91 Å². The molecule has 2 aliphatic rings. The highest BCUT2D eigenvalue weighted by Crippen LogP contribution is 2.35. The number of hydrogen-bond donors (Lipinski definition) is 0. The molecule has 2 aliphatic heterocycles. The van der Waals surface area contributed by atoms with Crippen LogP contribution in [0.1, 0.15) is 36.4 Å². The van der Waals surface area contributed by atoms with E-state index in [2.05, 4.69) is 14.8 Å². The predicted octanol–water partition coefficient (Wildman–Crippen LogP) is 5.61. The Morgan fingerprint density at radius 2 is 1.64 bits per heavy atom. The molecule has 1 fully saturated rings. The number of ether oxygens (including phenoxy) is 3. The van der Waals surface area contributed by atoms with Crippen molar-refractivity contribution in [2.24, 2.45) is 5.10 Å².